The number of nitrogens with one attached hydrogen (secondary N) is 1. The lowest BCUT2D eigenvalue weighted by atomic mass is 9.88. The van der Waals surface area contributed by atoms with Crippen molar-refractivity contribution in [3.63, 3.8) is 0 Å². The summed E-state index contributed by atoms with van der Waals surface area (Å²) >= 11 is 0. The predicted octanol–water partition coefficient (Wildman–Crippen LogP) is 4.03. The van der Waals surface area contributed by atoms with E-state index in [1.54, 1.807) is 25.7 Å². The number of likely N-dealkylation sites (tertiary alicyclic amines) is 1. The lowest BCUT2D eigenvalue weighted by Gasteiger charge is -2.37. The Kier molecular flexibility index (Phi) is 8.40. The zero-order valence-electron chi connectivity index (χ0n) is 17.9. The highest BCUT2D eigenvalue weighted by Crippen LogP contribution is 2.35. The number of halogens is 2. The topological polar surface area (TPSA) is 77.1 Å². The molecular formula is C21H30F2N2O5. The fourth-order valence-corrected chi connectivity index (χ4v) is 3.37. The summed E-state index contributed by atoms with van der Waals surface area (Å²) in [6, 6.07) is 3.21. The maximum absolute atomic E-state index is 14.5. The number of carbonyl (C=O) groups excluding carboxylic acids is 2. The molecule has 168 valence electrons. The van der Waals surface area contributed by atoms with E-state index in [9.17, 15) is 18.4 Å². The van der Waals surface area contributed by atoms with Crippen LogP contribution in [0.15, 0.2) is 18.2 Å². The van der Waals surface area contributed by atoms with Crippen LogP contribution in [0.2, 0.25) is 0 Å². The standard InChI is InChI=1S/C21H30F2N2O5/c1-21(2,3)30-20(27)25-10-5-6-14(13-25)18(29-11-9-24-19(26)28-4)16-12-15(22)7-8-17(16)23/h7-8,12,14,18H,5-6,9-11,13H2,1-4H3,(H,24,26). The van der Waals surface area contributed by atoms with Crippen molar-refractivity contribution < 1.29 is 32.6 Å². The van der Waals surface area contributed by atoms with Crippen molar-refractivity contribution in [2.45, 2.75) is 45.3 Å². The van der Waals surface area contributed by atoms with Crippen molar-refractivity contribution in [1.82, 2.24) is 10.2 Å². The summed E-state index contributed by atoms with van der Waals surface area (Å²) < 4.78 is 44.1. The first-order valence-electron chi connectivity index (χ1n) is 9.97. The van der Waals surface area contributed by atoms with E-state index in [0.717, 1.165) is 18.2 Å². The molecule has 7 nitrogen and oxygen atoms in total. The van der Waals surface area contributed by atoms with E-state index in [0.29, 0.717) is 25.9 Å². The van der Waals surface area contributed by atoms with Gasteiger partial charge in [-0.2, -0.15) is 0 Å². The molecule has 2 atom stereocenters. The van der Waals surface area contributed by atoms with Gasteiger partial charge in [0, 0.05) is 31.1 Å². The van der Waals surface area contributed by atoms with Crippen LogP contribution in [0.5, 0.6) is 0 Å². The van der Waals surface area contributed by atoms with Gasteiger partial charge in [0.15, 0.2) is 0 Å². The summed E-state index contributed by atoms with van der Waals surface area (Å²) in [5.41, 5.74) is -0.544. The molecule has 0 saturated carbocycles. The third-order valence-electron chi connectivity index (χ3n) is 4.66. The Morgan fingerprint density at radius 2 is 2.03 bits per heavy atom. The summed E-state index contributed by atoms with van der Waals surface area (Å²) in [7, 11) is 1.24. The number of methoxy groups -OCH3 is 1. The van der Waals surface area contributed by atoms with Gasteiger partial charge >= 0.3 is 12.2 Å². The first-order chi connectivity index (χ1) is 14.1. The monoisotopic (exact) mass is 428 g/mol. The van der Waals surface area contributed by atoms with Gasteiger partial charge in [0.2, 0.25) is 0 Å². The highest BCUT2D eigenvalue weighted by Gasteiger charge is 2.34. The molecular weight excluding hydrogens is 398 g/mol. The first kappa shape index (κ1) is 23.9. The Balaban J connectivity index is 2.15. The first-order valence-corrected chi connectivity index (χ1v) is 9.97. The quantitative estimate of drug-likeness (QED) is 0.693. The summed E-state index contributed by atoms with van der Waals surface area (Å²) in [6.45, 7) is 6.38. The molecule has 1 fully saturated rings. The van der Waals surface area contributed by atoms with Crippen LogP contribution in [0.25, 0.3) is 0 Å². The zero-order valence-corrected chi connectivity index (χ0v) is 17.9. The second-order valence-corrected chi connectivity index (χ2v) is 8.20. The van der Waals surface area contributed by atoms with Gasteiger partial charge in [-0.05, 0) is 51.8 Å². The van der Waals surface area contributed by atoms with Gasteiger partial charge in [0.25, 0.3) is 0 Å². The molecule has 1 N–H and O–H groups in total. The van der Waals surface area contributed by atoms with Gasteiger partial charge in [0.05, 0.1) is 19.8 Å². The highest BCUT2D eigenvalue weighted by atomic mass is 19.1. The molecule has 2 amide bonds. The van der Waals surface area contributed by atoms with Crippen LogP contribution in [0.4, 0.5) is 18.4 Å². The molecule has 0 aromatic heterocycles. The van der Waals surface area contributed by atoms with Crippen molar-refractivity contribution in [1.29, 1.82) is 0 Å². The Bertz CT molecular complexity index is 739. The lowest BCUT2D eigenvalue weighted by molar-refractivity contribution is -0.0259. The van der Waals surface area contributed by atoms with Gasteiger partial charge in [0.1, 0.15) is 17.2 Å². The van der Waals surface area contributed by atoms with Crippen LogP contribution < -0.4 is 5.32 Å². The van der Waals surface area contributed by atoms with Crippen LogP contribution in [0, 0.1) is 17.6 Å². The fraction of sp³-hybridized carbons (Fsp3) is 0.619. The van der Waals surface area contributed by atoms with E-state index >= 15 is 0 Å². The lowest BCUT2D eigenvalue weighted by Crippen LogP contribution is -2.44. The molecule has 9 heteroatoms. The molecule has 2 rings (SSSR count). The molecule has 1 saturated heterocycles. The highest BCUT2D eigenvalue weighted by molar-refractivity contribution is 5.68. The maximum Gasteiger partial charge on any atom is 0.410 e. The van der Waals surface area contributed by atoms with Gasteiger partial charge in [-0.1, -0.05) is 0 Å². The minimum absolute atomic E-state index is 0.0681. The summed E-state index contributed by atoms with van der Waals surface area (Å²) in [5, 5.41) is 2.48. The molecule has 1 aromatic rings. The minimum Gasteiger partial charge on any atom is -0.453 e. The van der Waals surface area contributed by atoms with Crippen molar-refractivity contribution >= 4 is 12.2 Å². The Morgan fingerprint density at radius 3 is 2.70 bits per heavy atom. The average Bonchev–Trinajstić information content (AvgIpc) is 2.68. The normalized spacial score (nSPS) is 17.9. The molecule has 0 radical (unpaired) electrons. The number of ether oxygens (including phenoxy) is 3. The summed E-state index contributed by atoms with van der Waals surface area (Å²) in [4.78, 5) is 25.2. The molecule has 0 aliphatic carbocycles. The van der Waals surface area contributed by atoms with E-state index in [1.165, 1.54) is 7.11 Å². The minimum atomic E-state index is -0.787. The summed E-state index contributed by atoms with van der Waals surface area (Å²) in [6.07, 6.45) is -0.491. The van der Waals surface area contributed by atoms with Crippen LogP contribution in [-0.4, -0.2) is 56.0 Å². The molecule has 1 aliphatic heterocycles. The Hall–Kier alpha value is -2.42. The third-order valence-corrected chi connectivity index (χ3v) is 4.66. The zero-order chi connectivity index (χ0) is 22.3. The maximum atomic E-state index is 14.5. The number of benzene rings is 1. The Morgan fingerprint density at radius 1 is 1.30 bits per heavy atom. The van der Waals surface area contributed by atoms with Gasteiger partial charge in [-0.25, -0.2) is 18.4 Å². The van der Waals surface area contributed by atoms with Crippen LogP contribution >= 0.6 is 0 Å². The summed E-state index contributed by atoms with van der Waals surface area (Å²) in [5.74, 6) is -1.43. The predicted molar refractivity (Wildman–Crippen MR) is 106 cm³/mol. The second-order valence-electron chi connectivity index (χ2n) is 8.20. The van der Waals surface area contributed by atoms with Crippen LogP contribution in [0.1, 0.15) is 45.3 Å². The SMILES string of the molecule is COC(=O)NCCOC(c1cc(F)ccc1F)C1CCCN(C(=O)OC(C)(C)C)C1. The molecule has 1 aliphatic rings. The largest absolute Gasteiger partial charge is 0.453 e. The number of hydrogen-bond acceptors (Lipinski definition) is 5. The molecule has 0 spiro atoms. The van der Waals surface area contributed by atoms with Crippen molar-refractivity contribution in [2.75, 3.05) is 33.4 Å². The van der Waals surface area contributed by atoms with Gasteiger partial charge in [-0.3, -0.25) is 0 Å². The average molecular weight is 428 g/mol. The smallest absolute Gasteiger partial charge is 0.410 e. The van der Waals surface area contributed by atoms with Gasteiger partial charge in [-0.15, -0.1) is 0 Å². The van der Waals surface area contributed by atoms with Crippen molar-refractivity contribution in [3.8, 4) is 0 Å². The number of carbonyl (C=O) groups is 2. The number of amides is 2. The van der Waals surface area contributed by atoms with E-state index < -0.39 is 35.5 Å². The number of rotatable bonds is 6. The Labute approximate surface area is 175 Å². The molecule has 30 heavy (non-hydrogen) atoms. The van der Waals surface area contributed by atoms with Gasteiger partial charge < -0.3 is 24.4 Å². The molecule has 1 aromatic carbocycles. The van der Waals surface area contributed by atoms with E-state index in [4.69, 9.17) is 9.47 Å². The molecule has 1 heterocycles. The van der Waals surface area contributed by atoms with Crippen LogP contribution in [0.3, 0.4) is 0 Å². The number of nitrogens with zero attached hydrogens (tertiary/aromatic N) is 1. The third kappa shape index (κ3) is 7.12. The van der Waals surface area contributed by atoms with Crippen molar-refractivity contribution in [2.24, 2.45) is 5.92 Å². The second kappa shape index (κ2) is 10.6. The molecule has 0 bridgehead atoms. The number of hydrogen-bond donors (Lipinski definition) is 1. The fourth-order valence-electron chi connectivity index (χ4n) is 3.37. The molecule has 2 unspecified atom stereocenters. The van der Waals surface area contributed by atoms with E-state index in [1.807, 2.05) is 0 Å². The van der Waals surface area contributed by atoms with Crippen molar-refractivity contribution in [3.05, 3.63) is 35.4 Å². The number of alkyl carbamates (subject to hydrolysis) is 1. The van der Waals surface area contributed by atoms with E-state index in [-0.39, 0.29) is 24.6 Å². The van der Waals surface area contributed by atoms with Crippen LogP contribution in [-0.2, 0) is 14.2 Å². The van der Waals surface area contributed by atoms with E-state index in [2.05, 4.69) is 10.1 Å². The number of piperidine rings is 1.